The number of nitrogens with zero attached hydrogens (tertiary/aromatic N) is 5. The molecule has 0 aliphatic carbocycles. The fraction of sp³-hybridized carbons (Fsp3) is 0.217. The summed E-state index contributed by atoms with van der Waals surface area (Å²) in [7, 11) is 1.60. The Hall–Kier alpha value is -4.41. The lowest BCUT2D eigenvalue weighted by molar-refractivity contribution is -0.120. The number of benzene rings is 2. The van der Waals surface area contributed by atoms with Crippen LogP contribution < -0.4 is 15.0 Å². The number of fused-ring (bicyclic) bond motifs is 2. The van der Waals surface area contributed by atoms with Gasteiger partial charge in [-0.3, -0.25) is 24.7 Å². The van der Waals surface area contributed by atoms with Gasteiger partial charge in [0.15, 0.2) is 0 Å². The number of amides is 2. The zero-order chi connectivity index (χ0) is 22.9. The summed E-state index contributed by atoms with van der Waals surface area (Å²) in [6, 6.07) is 8.53. The van der Waals surface area contributed by atoms with Crippen molar-refractivity contribution in [2.45, 2.75) is 19.9 Å². The molecule has 174 valence electrons. The molecule has 0 unspecified atom stereocenters. The second-order valence-electron chi connectivity index (χ2n) is 7.51. The van der Waals surface area contributed by atoms with Crippen LogP contribution in [0.4, 0.5) is 10.1 Å². The Labute approximate surface area is 194 Å². The van der Waals surface area contributed by atoms with Crippen molar-refractivity contribution in [1.82, 2.24) is 30.5 Å². The fourth-order valence-electron chi connectivity index (χ4n) is 3.60. The summed E-state index contributed by atoms with van der Waals surface area (Å²) in [4.78, 5) is 39.8. The first kappa shape index (κ1) is 22.8. The molecular formula is C23H22FN7O3. The van der Waals surface area contributed by atoms with Crippen molar-refractivity contribution < 1.29 is 18.7 Å². The number of ether oxygens (including phenoxy) is 1. The number of aromatic amines is 1. The monoisotopic (exact) mass is 463 g/mol. The van der Waals surface area contributed by atoms with Crippen LogP contribution in [-0.4, -0.2) is 56.7 Å². The second-order valence-corrected chi connectivity index (χ2v) is 7.51. The smallest absolute Gasteiger partial charge is 0.291 e. The van der Waals surface area contributed by atoms with E-state index in [1.807, 2.05) is 0 Å². The number of halogens is 1. The SMILES string of the molecule is C.CN1C(=O)[C@@H](NC(=O)c2n[nH]c(Cc3cccc(F)c3)n2)COc2cc3nccnc3cc21. The van der Waals surface area contributed by atoms with E-state index in [2.05, 4.69) is 30.5 Å². The molecule has 2 aromatic carbocycles. The molecule has 34 heavy (non-hydrogen) atoms. The number of hydrogen-bond donors (Lipinski definition) is 2. The number of nitrogens with one attached hydrogen (secondary N) is 2. The van der Waals surface area contributed by atoms with Crippen molar-refractivity contribution in [3.8, 4) is 5.75 Å². The van der Waals surface area contributed by atoms with Crippen molar-refractivity contribution >= 4 is 28.5 Å². The Bertz CT molecular complexity index is 1370. The lowest BCUT2D eigenvalue weighted by Gasteiger charge is -2.20. The Morgan fingerprint density at radius 2 is 2.00 bits per heavy atom. The van der Waals surface area contributed by atoms with Gasteiger partial charge in [0.1, 0.15) is 30.0 Å². The molecule has 0 fully saturated rings. The molecule has 1 aliphatic rings. The second kappa shape index (κ2) is 9.22. The minimum absolute atomic E-state index is 0. The van der Waals surface area contributed by atoms with Crippen LogP contribution in [0, 0.1) is 5.82 Å². The van der Waals surface area contributed by atoms with Crippen molar-refractivity contribution in [2.75, 3.05) is 18.6 Å². The molecule has 11 heteroatoms. The van der Waals surface area contributed by atoms with Crippen LogP contribution in [-0.2, 0) is 11.2 Å². The molecule has 4 aromatic rings. The molecule has 0 radical (unpaired) electrons. The maximum Gasteiger partial charge on any atom is 0.291 e. The van der Waals surface area contributed by atoms with Crippen LogP contribution in [0.3, 0.4) is 0 Å². The fourth-order valence-corrected chi connectivity index (χ4v) is 3.60. The zero-order valence-corrected chi connectivity index (χ0v) is 17.4. The quantitative estimate of drug-likeness (QED) is 0.475. The Kier molecular flexibility index (Phi) is 6.17. The third-order valence-electron chi connectivity index (χ3n) is 5.25. The zero-order valence-electron chi connectivity index (χ0n) is 17.4. The lowest BCUT2D eigenvalue weighted by Crippen LogP contribution is -2.49. The van der Waals surface area contributed by atoms with E-state index in [0.29, 0.717) is 33.9 Å². The van der Waals surface area contributed by atoms with E-state index in [4.69, 9.17) is 4.74 Å². The number of carbonyl (C=O) groups excluding carboxylic acids is 2. The van der Waals surface area contributed by atoms with Gasteiger partial charge in [-0.05, 0) is 23.8 Å². The van der Waals surface area contributed by atoms with Crippen molar-refractivity contribution in [3.05, 3.63) is 71.8 Å². The van der Waals surface area contributed by atoms with Crippen LogP contribution >= 0.6 is 0 Å². The Morgan fingerprint density at radius 1 is 1.24 bits per heavy atom. The third-order valence-corrected chi connectivity index (χ3v) is 5.25. The normalized spacial score (nSPS) is 15.2. The summed E-state index contributed by atoms with van der Waals surface area (Å²) in [6.45, 7) is -0.0751. The maximum absolute atomic E-state index is 13.4. The molecule has 1 atom stereocenters. The highest BCUT2D eigenvalue weighted by molar-refractivity contribution is 6.03. The van der Waals surface area contributed by atoms with Crippen LogP contribution in [0.5, 0.6) is 5.75 Å². The number of anilines is 1. The minimum atomic E-state index is -0.955. The molecule has 0 spiro atoms. The summed E-state index contributed by atoms with van der Waals surface area (Å²) in [6.07, 6.45) is 3.41. The van der Waals surface area contributed by atoms with E-state index in [1.54, 1.807) is 43.7 Å². The lowest BCUT2D eigenvalue weighted by atomic mass is 10.1. The van der Waals surface area contributed by atoms with Crippen molar-refractivity contribution in [1.29, 1.82) is 0 Å². The standard InChI is InChI=1S/C22H18FN7O3.CH4/c1-30-17-9-14-15(25-6-5-24-14)10-18(17)33-11-16(22(30)32)26-21(31)20-27-19(28-29-20)8-12-3-2-4-13(23)7-12;/h2-7,9-10,16H,8,11H2,1H3,(H,26,31)(H,27,28,29);1H4/t16-;/m0./s1. The highest BCUT2D eigenvalue weighted by atomic mass is 19.1. The maximum atomic E-state index is 13.4. The highest BCUT2D eigenvalue weighted by Crippen LogP contribution is 2.33. The minimum Gasteiger partial charge on any atom is -0.489 e. The Morgan fingerprint density at radius 3 is 2.76 bits per heavy atom. The summed E-state index contributed by atoms with van der Waals surface area (Å²) in [5.41, 5.74) is 2.46. The molecule has 2 aromatic heterocycles. The number of carbonyl (C=O) groups is 2. The summed E-state index contributed by atoms with van der Waals surface area (Å²) in [5, 5.41) is 9.22. The molecule has 5 rings (SSSR count). The topological polar surface area (TPSA) is 126 Å². The van der Waals surface area contributed by atoms with E-state index in [1.165, 1.54) is 17.0 Å². The van der Waals surface area contributed by atoms with Gasteiger partial charge in [0.2, 0.25) is 5.82 Å². The molecule has 0 saturated heterocycles. The first-order valence-electron chi connectivity index (χ1n) is 10.1. The van der Waals surface area contributed by atoms with Crippen molar-refractivity contribution in [3.63, 3.8) is 0 Å². The van der Waals surface area contributed by atoms with E-state index < -0.39 is 11.9 Å². The van der Waals surface area contributed by atoms with E-state index in [9.17, 15) is 14.0 Å². The van der Waals surface area contributed by atoms with E-state index >= 15 is 0 Å². The Balaban J connectivity index is 0.00000274. The largest absolute Gasteiger partial charge is 0.489 e. The van der Waals surface area contributed by atoms with Crippen LogP contribution in [0.25, 0.3) is 11.0 Å². The van der Waals surface area contributed by atoms with Gasteiger partial charge in [-0.15, -0.1) is 5.10 Å². The molecular weight excluding hydrogens is 441 g/mol. The summed E-state index contributed by atoms with van der Waals surface area (Å²) in [5.74, 6) is -0.622. The van der Waals surface area contributed by atoms with Gasteiger partial charge in [0.25, 0.3) is 11.8 Å². The van der Waals surface area contributed by atoms with Crippen LogP contribution in [0.1, 0.15) is 29.4 Å². The highest BCUT2D eigenvalue weighted by Gasteiger charge is 2.32. The number of hydrogen-bond acceptors (Lipinski definition) is 7. The predicted octanol–water partition coefficient (Wildman–Crippen LogP) is 2.27. The molecule has 2 amide bonds. The van der Waals surface area contributed by atoms with Gasteiger partial charge in [0, 0.05) is 31.9 Å². The van der Waals surface area contributed by atoms with E-state index in [0.717, 1.165) is 0 Å². The van der Waals surface area contributed by atoms with Gasteiger partial charge in [-0.25, -0.2) is 9.37 Å². The third kappa shape index (κ3) is 4.40. The average molecular weight is 463 g/mol. The molecule has 10 nitrogen and oxygen atoms in total. The predicted molar refractivity (Wildman–Crippen MR) is 122 cm³/mol. The van der Waals surface area contributed by atoms with Gasteiger partial charge >= 0.3 is 0 Å². The number of likely N-dealkylation sites (N-methyl/N-ethyl adjacent to an activating group) is 1. The molecule has 1 aliphatic heterocycles. The van der Waals surface area contributed by atoms with Crippen molar-refractivity contribution in [2.24, 2.45) is 0 Å². The molecule has 3 heterocycles. The van der Waals surface area contributed by atoms with Crippen LogP contribution in [0.2, 0.25) is 0 Å². The van der Waals surface area contributed by atoms with Crippen LogP contribution in [0.15, 0.2) is 48.8 Å². The van der Waals surface area contributed by atoms with Gasteiger partial charge in [0.05, 0.1) is 16.7 Å². The van der Waals surface area contributed by atoms with Gasteiger partial charge in [-0.1, -0.05) is 19.6 Å². The number of rotatable bonds is 4. The van der Waals surface area contributed by atoms with Gasteiger partial charge < -0.3 is 15.0 Å². The van der Waals surface area contributed by atoms with E-state index in [-0.39, 0.29) is 38.0 Å². The number of aromatic nitrogens is 5. The summed E-state index contributed by atoms with van der Waals surface area (Å²) >= 11 is 0. The first-order valence-corrected chi connectivity index (χ1v) is 10.1. The number of H-pyrrole nitrogens is 1. The summed E-state index contributed by atoms with van der Waals surface area (Å²) < 4.78 is 19.2. The molecule has 0 saturated carbocycles. The molecule has 0 bridgehead atoms. The average Bonchev–Trinajstić information content (AvgIpc) is 3.24. The first-order chi connectivity index (χ1) is 16.0. The molecule has 2 N–H and O–H groups in total. The van der Waals surface area contributed by atoms with Gasteiger partial charge in [-0.2, -0.15) is 0 Å².